The van der Waals surface area contributed by atoms with Crippen LogP contribution in [0.15, 0.2) is 23.4 Å². The van der Waals surface area contributed by atoms with Crippen molar-refractivity contribution in [2.75, 3.05) is 14.2 Å². The number of esters is 1. The van der Waals surface area contributed by atoms with Crippen LogP contribution in [0.5, 0.6) is 0 Å². The number of oxime groups is 1. The van der Waals surface area contributed by atoms with Crippen molar-refractivity contribution in [1.29, 1.82) is 0 Å². The van der Waals surface area contributed by atoms with Gasteiger partial charge in [0.2, 0.25) is 0 Å². The van der Waals surface area contributed by atoms with Crippen molar-refractivity contribution < 1.29 is 14.4 Å². The number of ether oxygens (including phenoxy) is 1. The second-order valence-corrected chi connectivity index (χ2v) is 5.07. The molecule has 0 saturated heterocycles. The molecule has 19 heavy (non-hydrogen) atoms. The van der Waals surface area contributed by atoms with Crippen LogP contribution in [-0.4, -0.2) is 25.9 Å². The molecule has 0 radical (unpaired) electrons. The normalized spacial score (nSPS) is 22.0. The Hall–Kier alpha value is -1.26. The molecule has 0 spiro atoms. The molecule has 4 nitrogen and oxygen atoms in total. The fourth-order valence-corrected chi connectivity index (χ4v) is 2.30. The third-order valence-electron chi connectivity index (χ3n) is 3.05. The maximum absolute atomic E-state index is 11.5. The number of methoxy groups -OCH3 is 1. The Kier molecular flexibility index (Phi) is 4.32. The molecular formula is C13H13Cl2NO3. The summed E-state index contributed by atoms with van der Waals surface area (Å²) in [6.45, 7) is 0. The van der Waals surface area contributed by atoms with E-state index in [0.29, 0.717) is 22.2 Å². The van der Waals surface area contributed by atoms with E-state index in [9.17, 15) is 4.79 Å². The first-order valence-corrected chi connectivity index (χ1v) is 6.48. The van der Waals surface area contributed by atoms with Gasteiger partial charge in [-0.25, -0.2) is 0 Å². The average Bonchev–Trinajstić information content (AvgIpc) is 3.18. The maximum Gasteiger partial charge on any atom is 0.309 e. The van der Waals surface area contributed by atoms with Gasteiger partial charge in [-0.2, -0.15) is 0 Å². The van der Waals surface area contributed by atoms with E-state index < -0.39 is 0 Å². The van der Waals surface area contributed by atoms with Crippen LogP contribution >= 0.6 is 23.2 Å². The lowest BCUT2D eigenvalue weighted by atomic mass is 10.1. The smallest absolute Gasteiger partial charge is 0.309 e. The number of nitrogens with zero attached hydrogens (tertiary/aromatic N) is 1. The van der Waals surface area contributed by atoms with Gasteiger partial charge in [-0.1, -0.05) is 34.4 Å². The predicted molar refractivity (Wildman–Crippen MR) is 73.6 cm³/mol. The summed E-state index contributed by atoms with van der Waals surface area (Å²) < 4.78 is 4.73. The van der Waals surface area contributed by atoms with Crippen LogP contribution in [0.25, 0.3) is 0 Å². The molecule has 6 heteroatoms. The number of carbonyl (C=O) groups is 1. The Morgan fingerprint density at radius 1 is 1.26 bits per heavy atom. The maximum atomic E-state index is 11.5. The van der Waals surface area contributed by atoms with Gasteiger partial charge in [0.25, 0.3) is 0 Å². The summed E-state index contributed by atoms with van der Waals surface area (Å²) in [6, 6.07) is 5.22. The second-order valence-electron chi connectivity index (χ2n) is 4.26. The molecule has 1 aromatic rings. The highest BCUT2D eigenvalue weighted by molar-refractivity contribution is 6.42. The summed E-state index contributed by atoms with van der Waals surface area (Å²) in [6.07, 6.45) is 0.703. The number of hydrogen-bond donors (Lipinski definition) is 0. The third kappa shape index (κ3) is 3.01. The van der Waals surface area contributed by atoms with Gasteiger partial charge in [0.15, 0.2) is 0 Å². The monoisotopic (exact) mass is 301 g/mol. The summed E-state index contributed by atoms with van der Waals surface area (Å²) in [5.41, 5.74) is 1.49. The summed E-state index contributed by atoms with van der Waals surface area (Å²) in [5.74, 6) is -0.383. The lowest BCUT2D eigenvalue weighted by molar-refractivity contribution is -0.142. The van der Waals surface area contributed by atoms with Crippen molar-refractivity contribution in [2.24, 2.45) is 17.0 Å². The van der Waals surface area contributed by atoms with Crippen LogP contribution in [-0.2, 0) is 14.4 Å². The molecule has 0 heterocycles. The number of carbonyl (C=O) groups excluding carboxylic acids is 1. The molecule has 0 aliphatic heterocycles. The van der Waals surface area contributed by atoms with Crippen molar-refractivity contribution in [2.45, 2.75) is 6.42 Å². The van der Waals surface area contributed by atoms with E-state index in [1.165, 1.54) is 14.2 Å². The highest BCUT2D eigenvalue weighted by Gasteiger charge is 2.48. The molecule has 0 unspecified atom stereocenters. The molecule has 1 saturated carbocycles. The highest BCUT2D eigenvalue weighted by Crippen LogP contribution is 2.42. The average molecular weight is 302 g/mol. The molecule has 2 rings (SSSR count). The zero-order valence-corrected chi connectivity index (χ0v) is 12.0. The van der Waals surface area contributed by atoms with Gasteiger partial charge in [0, 0.05) is 11.5 Å². The van der Waals surface area contributed by atoms with Gasteiger partial charge in [-0.05, 0) is 18.6 Å². The van der Waals surface area contributed by atoms with Gasteiger partial charge >= 0.3 is 5.97 Å². The molecule has 0 N–H and O–H groups in total. The van der Waals surface area contributed by atoms with Crippen molar-refractivity contribution in [1.82, 2.24) is 0 Å². The first-order chi connectivity index (χ1) is 9.08. The number of benzene rings is 1. The number of halogens is 2. The summed E-state index contributed by atoms with van der Waals surface area (Å²) in [4.78, 5) is 16.3. The van der Waals surface area contributed by atoms with E-state index in [2.05, 4.69) is 5.16 Å². The molecule has 0 aromatic heterocycles. The van der Waals surface area contributed by atoms with E-state index in [4.69, 9.17) is 32.8 Å². The van der Waals surface area contributed by atoms with Crippen LogP contribution in [0.1, 0.15) is 12.0 Å². The molecular weight excluding hydrogens is 289 g/mol. The third-order valence-corrected chi connectivity index (χ3v) is 3.79. The van der Waals surface area contributed by atoms with Crippen molar-refractivity contribution in [3.8, 4) is 0 Å². The van der Waals surface area contributed by atoms with Gasteiger partial charge in [0.1, 0.15) is 7.11 Å². The molecule has 1 aliphatic rings. The standard InChI is InChI=1S/C13H13Cl2NO3/c1-18-13(17)9-6-8(9)12(16-19-2)7-3-4-10(14)11(15)5-7/h3-5,8-9H,6H2,1-2H3/t8-,9-/m0/s1. The highest BCUT2D eigenvalue weighted by atomic mass is 35.5. The van der Waals surface area contributed by atoms with Crippen LogP contribution < -0.4 is 0 Å². The fourth-order valence-electron chi connectivity index (χ4n) is 2.00. The van der Waals surface area contributed by atoms with Gasteiger partial charge in [-0.3, -0.25) is 4.79 Å². The van der Waals surface area contributed by atoms with Gasteiger partial charge in [0.05, 0.1) is 28.8 Å². The lowest BCUT2D eigenvalue weighted by Crippen LogP contribution is -2.11. The van der Waals surface area contributed by atoms with Crippen molar-refractivity contribution in [3.05, 3.63) is 33.8 Å². The Morgan fingerprint density at radius 2 is 2.00 bits per heavy atom. The van der Waals surface area contributed by atoms with Crippen LogP contribution in [0.4, 0.5) is 0 Å². The van der Waals surface area contributed by atoms with E-state index in [1.807, 2.05) is 0 Å². The SMILES string of the molecule is CON=C(c1ccc(Cl)c(Cl)c1)[C@H]1C[C@@H]1C(=O)OC. The zero-order chi connectivity index (χ0) is 14.0. The molecule has 102 valence electrons. The minimum Gasteiger partial charge on any atom is -0.469 e. The van der Waals surface area contributed by atoms with Gasteiger partial charge in [-0.15, -0.1) is 0 Å². The quantitative estimate of drug-likeness (QED) is 0.487. The number of rotatable bonds is 4. The molecule has 1 aromatic carbocycles. The minimum atomic E-state index is -0.228. The van der Waals surface area contributed by atoms with E-state index in [1.54, 1.807) is 18.2 Å². The summed E-state index contributed by atoms with van der Waals surface area (Å²) >= 11 is 11.9. The second kappa shape index (κ2) is 5.80. The first-order valence-electron chi connectivity index (χ1n) is 5.72. The Balaban J connectivity index is 2.25. The molecule has 0 bridgehead atoms. The molecule has 2 atom stereocenters. The van der Waals surface area contributed by atoms with Crippen LogP contribution in [0.3, 0.4) is 0 Å². The van der Waals surface area contributed by atoms with E-state index >= 15 is 0 Å². The Labute approximate surface area is 121 Å². The fraction of sp³-hybridized carbons (Fsp3) is 0.385. The number of hydrogen-bond acceptors (Lipinski definition) is 4. The van der Waals surface area contributed by atoms with Crippen LogP contribution in [0.2, 0.25) is 10.0 Å². The Morgan fingerprint density at radius 3 is 2.58 bits per heavy atom. The first kappa shape index (κ1) is 14.2. The van der Waals surface area contributed by atoms with Crippen molar-refractivity contribution >= 4 is 34.9 Å². The van der Waals surface area contributed by atoms with Crippen molar-refractivity contribution in [3.63, 3.8) is 0 Å². The largest absolute Gasteiger partial charge is 0.469 e. The predicted octanol–water partition coefficient (Wildman–Crippen LogP) is 3.15. The van der Waals surface area contributed by atoms with E-state index in [0.717, 1.165) is 5.56 Å². The lowest BCUT2D eigenvalue weighted by Gasteiger charge is -2.06. The summed E-state index contributed by atoms with van der Waals surface area (Å²) in [5, 5.41) is 4.92. The van der Waals surface area contributed by atoms with E-state index in [-0.39, 0.29) is 17.8 Å². The molecule has 1 aliphatic carbocycles. The van der Waals surface area contributed by atoms with Crippen LogP contribution in [0, 0.1) is 11.8 Å². The topological polar surface area (TPSA) is 47.9 Å². The zero-order valence-electron chi connectivity index (χ0n) is 10.5. The Bertz CT molecular complexity index is 531. The van der Waals surface area contributed by atoms with Gasteiger partial charge < -0.3 is 9.57 Å². The minimum absolute atomic E-state index is 0.00430. The summed E-state index contributed by atoms with van der Waals surface area (Å²) in [7, 11) is 2.84. The molecule has 1 fully saturated rings. The molecule has 0 amide bonds.